The van der Waals surface area contributed by atoms with Gasteiger partial charge in [0.1, 0.15) is 5.75 Å². The highest BCUT2D eigenvalue weighted by Gasteiger charge is 2.10. The van der Waals surface area contributed by atoms with Crippen molar-refractivity contribution in [2.24, 2.45) is 0 Å². The van der Waals surface area contributed by atoms with E-state index in [4.69, 9.17) is 21.1 Å². The Balaban J connectivity index is 1.85. The van der Waals surface area contributed by atoms with E-state index in [1.54, 1.807) is 0 Å². The average molecular weight is 284 g/mol. The monoisotopic (exact) mass is 283 g/mol. The molecule has 0 unspecified atom stereocenters. The van der Waals surface area contributed by atoms with Gasteiger partial charge in [0.2, 0.25) is 0 Å². The van der Waals surface area contributed by atoms with Crippen molar-refractivity contribution in [2.45, 2.75) is 19.8 Å². The molecule has 1 aliphatic rings. The minimum Gasteiger partial charge on any atom is -0.494 e. The Morgan fingerprint density at radius 2 is 2.11 bits per heavy atom. The van der Waals surface area contributed by atoms with Crippen molar-refractivity contribution in [3.05, 3.63) is 28.8 Å². The molecule has 0 atom stereocenters. The number of nitrogens with zero attached hydrogens (tertiary/aromatic N) is 1. The van der Waals surface area contributed by atoms with E-state index in [0.29, 0.717) is 6.61 Å². The summed E-state index contributed by atoms with van der Waals surface area (Å²) in [7, 11) is 0. The Morgan fingerprint density at radius 1 is 1.32 bits per heavy atom. The predicted molar refractivity (Wildman–Crippen MR) is 78.2 cm³/mol. The number of morpholine rings is 1. The Kier molecular flexibility index (Phi) is 5.95. The highest BCUT2D eigenvalue weighted by atomic mass is 35.5. The van der Waals surface area contributed by atoms with E-state index in [0.717, 1.165) is 56.5 Å². The lowest BCUT2D eigenvalue weighted by atomic mass is 10.1. The van der Waals surface area contributed by atoms with Crippen LogP contribution in [0.5, 0.6) is 5.75 Å². The topological polar surface area (TPSA) is 21.7 Å². The van der Waals surface area contributed by atoms with E-state index in [9.17, 15) is 0 Å². The quantitative estimate of drug-likeness (QED) is 0.801. The van der Waals surface area contributed by atoms with Crippen LogP contribution >= 0.6 is 11.6 Å². The smallest absolute Gasteiger partial charge is 0.122 e. The van der Waals surface area contributed by atoms with Crippen molar-refractivity contribution >= 4 is 11.6 Å². The van der Waals surface area contributed by atoms with Crippen LogP contribution in [0.2, 0.25) is 5.02 Å². The minimum atomic E-state index is 0.693. The number of benzene rings is 1. The largest absolute Gasteiger partial charge is 0.494 e. The molecular formula is C15H22ClNO2. The van der Waals surface area contributed by atoms with Crippen molar-refractivity contribution < 1.29 is 9.47 Å². The van der Waals surface area contributed by atoms with Gasteiger partial charge in [0.05, 0.1) is 19.8 Å². The molecule has 1 saturated heterocycles. The number of ether oxygens (including phenoxy) is 2. The SMILES string of the molecule is CCOc1ccc(Cl)cc1CCCN1CCOCC1. The molecule has 0 aromatic heterocycles. The van der Waals surface area contributed by atoms with Gasteiger partial charge in [-0.3, -0.25) is 4.90 Å². The van der Waals surface area contributed by atoms with Gasteiger partial charge in [0, 0.05) is 18.1 Å². The molecule has 0 N–H and O–H groups in total. The average Bonchev–Trinajstić information content (AvgIpc) is 2.43. The molecule has 106 valence electrons. The van der Waals surface area contributed by atoms with E-state index >= 15 is 0 Å². The fourth-order valence-corrected chi connectivity index (χ4v) is 2.55. The summed E-state index contributed by atoms with van der Waals surface area (Å²) < 4.78 is 11.0. The zero-order chi connectivity index (χ0) is 13.5. The van der Waals surface area contributed by atoms with Crippen LogP contribution in [0.15, 0.2) is 18.2 Å². The van der Waals surface area contributed by atoms with Crippen LogP contribution in [-0.2, 0) is 11.2 Å². The van der Waals surface area contributed by atoms with Crippen molar-refractivity contribution in [3.63, 3.8) is 0 Å². The molecule has 0 aliphatic carbocycles. The summed E-state index contributed by atoms with van der Waals surface area (Å²) in [5, 5.41) is 0.782. The summed E-state index contributed by atoms with van der Waals surface area (Å²) in [6, 6.07) is 5.87. The van der Waals surface area contributed by atoms with Crippen LogP contribution in [0.25, 0.3) is 0 Å². The molecule has 1 aromatic carbocycles. The Morgan fingerprint density at radius 3 is 2.84 bits per heavy atom. The molecule has 2 rings (SSSR count). The van der Waals surface area contributed by atoms with Gasteiger partial charge in [-0.15, -0.1) is 0 Å². The first-order valence-corrected chi connectivity index (χ1v) is 7.38. The van der Waals surface area contributed by atoms with Crippen LogP contribution < -0.4 is 4.74 Å². The standard InChI is InChI=1S/C15H22ClNO2/c1-2-19-15-6-5-14(16)12-13(15)4-3-7-17-8-10-18-11-9-17/h5-6,12H,2-4,7-11H2,1H3. The van der Waals surface area contributed by atoms with Crippen LogP contribution in [0, 0.1) is 0 Å². The number of hydrogen-bond acceptors (Lipinski definition) is 3. The molecule has 0 bridgehead atoms. The van der Waals surface area contributed by atoms with E-state index in [2.05, 4.69) is 4.90 Å². The molecule has 19 heavy (non-hydrogen) atoms. The van der Waals surface area contributed by atoms with Gasteiger partial charge >= 0.3 is 0 Å². The summed E-state index contributed by atoms with van der Waals surface area (Å²) >= 11 is 6.06. The summed E-state index contributed by atoms with van der Waals surface area (Å²) in [6.07, 6.45) is 2.13. The highest BCUT2D eigenvalue weighted by Crippen LogP contribution is 2.24. The van der Waals surface area contributed by atoms with Crippen LogP contribution in [0.1, 0.15) is 18.9 Å². The fourth-order valence-electron chi connectivity index (χ4n) is 2.36. The second-order valence-corrected chi connectivity index (χ2v) is 5.18. The maximum absolute atomic E-state index is 6.06. The van der Waals surface area contributed by atoms with E-state index in [1.165, 1.54) is 5.56 Å². The molecule has 1 fully saturated rings. The number of hydrogen-bond donors (Lipinski definition) is 0. The van der Waals surface area contributed by atoms with Crippen LogP contribution in [0.3, 0.4) is 0 Å². The summed E-state index contributed by atoms with van der Waals surface area (Å²) in [4.78, 5) is 2.45. The zero-order valence-electron chi connectivity index (χ0n) is 11.5. The van der Waals surface area contributed by atoms with Crippen LogP contribution in [-0.4, -0.2) is 44.4 Å². The fraction of sp³-hybridized carbons (Fsp3) is 0.600. The molecule has 1 aliphatic heterocycles. The number of aryl methyl sites for hydroxylation is 1. The molecule has 0 spiro atoms. The highest BCUT2D eigenvalue weighted by molar-refractivity contribution is 6.30. The molecule has 0 amide bonds. The van der Waals surface area contributed by atoms with Crippen molar-refractivity contribution in [3.8, 4) is 5.75 Å². The minimum absolute atomic E-state index is 0.693. The Hall–Kier alpha value is -0.770. The maximum Gasteiger partial charge on any atom is 0.122 e. The molecule has 1 aromatic rings. The first kappa shape index (κ1) is 14.6. The first-order valence-electron chi connectivity index (χ1n) is 7.01. The van der Waals surface area contributed by atoms with E-state index in [-0.39, 0.29) is 0 Å². The van der Waals surface area contributed by atoms with Crippen molar-refractivity contribution in [2.75, 3.05) is 39.5 Å². The molecular weight excluding hydrogens is 262 g/mol. The third-order valence-electron chi connectivity index (χ3n) is 3.35. The number of halogens is 1. The van der Waals surface area contributed by atoms with Crippen LogP contribution in [0.4, 0.5) is 0 Å². The number of rotatable bonds is 6. The Labute approximate surface area is 120 Å². The molecule has 4 heteroatoms. The lowest BCUT2D eigenvalue weighted by Gasteiger charge is -2.26. The lowest BCUT2D eigenvalue weighted by Crippen LogP contribution is -2.36. The lowest BCUT2D eigenvalue weighted by molar-refractivity contribution is 0.0374. The van der Waals surface area contributed by atoms with Gasteiger partial charge in [0.25, 0.3) is 0 Å². The van der Waals surface area contributed by atoms with Gasteiger partial charge in [-0.05, 0) is 50.1 Å². The third-order valence-corrected chi connectivity index (χ3v) is 3.58. The zero-order valence-corrected chi connectivity index (χ0v) is 12.3. The predicted octanol–water partition coefficient (Wildman–Crippen LogP) is 3.00. The van der Waals surface area contributed by atoms with Crippen molar-refractivity contribution in [1.29, 1.82) is 0 Å². The normalized spacial score (nSPS) is 16.5. The van der Waals surface area contributed by atoms with Gasteiger partial charge < -0.3 is 9.47 Å². The summed E-state index contributed by atoms with van der Waals surface area (Å²) in [6.45, 7) is 7.64. The van der Waals surface area contributed by atoms with Crippen molar-refractivity contribution in [1.82, 2.24) is 4.90 Å². The second-order valence-electron chi connectivity index (χ2n) is 4.74. The van der Waals surface area contributed by atoms with Gasteiger partial charge in [-0.2, -0.15) is 0 Å². The van der Waals surface area contributed by atoms with Gasteiger partial charge in [0.15, 0.2) is 0 Å². The van der Waals surface area contributed by atoms with Gasteiger partial charge in [-0.25, -0.2) is 0 Å². The Bertz CT molecular complexity index is 392. The summed E-state index contributed by atoms with van der Waals surface area (Å²) in [5.41, 5.74) is 1.21. The second kappa shape index (κ2) is 7.73. The molecule has 1 heterocycles. The van der Waals surface area contributed by atoms with Gasteiger partial charge in [-0.1, -0.05) is 11.6 Å². The molecule has 0 saturated carbocycles. The maximum atomic E-state index is 6.06. The van der Waals surface area contributed by atoms with E-state index in [1.807, 2.05) is 25.1 Å². The molecule has 0 radical (unpaired) electrons. The third kappa shape index (κ3) is 4.68. The summed E-state index contributed by atoms with van der Waals surface area (Å²) in [5.74, 6) is 0.967. The van der Waals surface area contributed by atoms with E-state index < -0.39 is 0 Å². The molecule has 3 nitrogen and oxygen atoms in total. The first-order chi connectivity index (χ1) is 9.29.